The number of carbonyl (C=O) groups excluding carboxylic acids is 2. The van der Waals surface area contributed by atoms with E-state index in [0.717, 1.165) is 5.69 Å². The van der Waals surface area contributed by atoms with Crippen LogP contribution in [0.1, 0.15) is 21.5 Å². The molecule has 0 spiro atoms. The van der Waals surface area contributed by atoms with Gasteiger partial charge in [0.1, 0.15) is 6.33 Å². The summed E-state index contributed by atoms with van der Waals surface area (Å²) in [6.07, 6.45) is 1.64. The van der Waals surface area contributed by atoms with Crippen LogP contribution < -0.4 is 10.6 Å². The van der Waals surface area contributed by atoms with Crippen LogP contribution in [0.3, 0.4) is 0 Å². The number of carbonyl (C=O) groups is 2. The zero-order valence-corrected chi connectivity index (χ0v) is 16.7. The van der Waals surface area contributed by atoms with E-state index in [4.69, 9.17) is 0 Å². The van der Waals surface area contributed by atoms with E-state index in [9.17, 15) is 9.59 Å². The second-order valence-electron chi connectivity index (χ2n) is 6.25. The van der Waals surface area contributed by atoms with Crippen LogP contribution in [0.2, 0.25) is 0 Å². The van der Waals surface area contributed by atoms with Gasteiger partial charge in [0.2, 0.25) is 5.91 Å². The average Bonchev–Trinajstić information content (AvgIpc) is 3.16. The number of aromatic nitrogens is 3. The zero-order chi connectivity index (χ0) is 20.1. The third-order valence-electron chi connectivity index (χ3n) is 4.25. The van der Waals surface area contributed by atoms with Crippen molar-refractivity contribution in [2.24, 2.45) is 0 Å². The molecule has 2 aromatic carbocycles. The Kier molecular flexibility index (Phi) is 6.10. The Labute approximate surface area is 167 Å². The molecule has 0 bridgehead atoms. The Hall–Kier alpha value is -3.13. The maximum absolute atomic E-state index is 12.3. The third kappa shape index (κ3) is 4.58. The molecule has 0 fully saturated rings. The molecule has 0 atom stereocenters. The van der Waals surface area contributed by atoms with Crippen LogP contribution in [-0.4, -0.2) is 39.4 Å². The lowest BCUT2D eigenvalue weighted by Crippen LogP contribution is -2.19. The van der Waals surface area contributed by atoms with E-state index in [1.54, 1.807) is 37.6 Å². The highest BCUT2D eigenvalue weighted by Gasteiger charge is 2.12. The fraction of sp³-hybridized carbons (Fsp3) is 0.200. The van der Waals surface area contributed by atoms with Crippen LogP contribution in [0.15, 0.2) is 53.9 Å². The van der Waals surface area contributed by atoms with Gasteiger partial charge in [0.05, 0.1) is 5.75 Å². The molecule has 7 nitrogen and oxygen atoms in total. The first-order chi connectivity index (χ1) is 13.5. The molecular weight excluding hydrogens is 374 g/mol. The standard InChI is InChI=1S/C20H21N5O2S/c1-13-7-8-17(9-14(13)2)25-12-22-24-20(25)28-11-18(26)23-16-6-4-5-15(10-16)19(27)21-3/h4-10,12H,11H2,1-3H3,(H,21,27)(H,23,26). The maximum atomic E-state index is 12.3. The lowest BCUT2D eigenvalue weighted by Gasteiger charge is -2.09. The summed E-state index contributed by atoms with van der Waals surface area (Å²) < 4.78 is 1.86. The number of hydrogen-bond donors (Lipinski definition) is 2. The highest BCUT2D eigenvalue weighted by Crippen LogP contribution is 2.21. The van der Waals surface area contributed by atoms with Crippen molar-refractivity contribution in [1.82, 2.24) is 20.1 Å². The summed E-state index contributed by atoms with van der Waals surface area (Å²) >= 11 is 1.30. The van der Waals surface area contributed by atoms with E-state index >= 15 is 0 Å². The Morgan fingerprint density at radius 3 is 2.68 bits per heavy atom. The van der Waals surface area contributed by atoms with Gasteiger partial charge in [-0.25, -0.2) is 0 Å². The molecule has 2 amide bonds. The third-order valence-corrected chi connectivity index (χ3v) is 5.20. The highest BCUT2D eigenvalue weighted by molar-refractivity contribution is 7.99. The van der Waals surface area contributed by atoms with E-state index in [2.05, 4.69) is 40.7 Å². The summed E-state index contributed by atoms with van der Waals surface area (Å²) in [5.41, 5.74) is 4.40. The van der Waals surface area contributed by atoms with Gasteiger partial charge >= 0.3 is 0 Å². The molecule has 0 aliphatic heterocycles. The first-order valence-corrected chi connectivity index (χ1v) is 9.69. The molecule has 3 rings (SSSR count). The van der Waals surface area contributed by atoms with Gasteiger partial charge in [-0.2, -0.15) is 0 Å². The van der Waals surface area contributed by atoms with Crippen molar-refractivity contribution < 1.29 is 9.59 Å². The minimum absolute atomic E-state index is 0.174. The SMILES string of the molecule is CNC(=O)c1cccc(NC(=O)CSc2nncn2-c2ccc(C)c(C)c2)c1. The summed E-state index contributed by atoms with van der Waals surface area (Å²) in [5, 5.41) is 14.1. The molecule has 144 valence electrons. The quantitative estimate of drug-likeness (QED) is 0.627. The van der Waals surface area contributed by atoms with Crippen LogP contribution in [0.5, 0.6) is 0 Å². The van der Waals surface area contributed by atoms with Gasteiger partial charge < -0.3 is 10.6 Å². The topological polar surface area (TPSA) is 88.9 Å². The molecule has 0 aliphatic rings. The Morgan fingerprint density at radius 2 is 1.93 bits per heavy atom. The molecule has 0 saturated heterocycles. The fourth-order valence-corrected chi connectivity index (χ4v) is 3.31. The molecule has 1 aromatic heterocycles. The summed E-state index contributed by atoms with van der Waals surface area (Å²) in [5.74, 6) is -0.214. The molecule has 1 heterocycles. The largest absolute Gasteiger partial charge is 0.355 e. The molecule has 3 aromatic rings. The molecule has 28 heavy (non-hydrogen) atoms. The molecule has 0 radical (unpaired) electrons. The molecule has 8 heteroatoms. The molecule has 0 saturated carbocycles. The average molecular weight is 395 g/mol. The summed E-state index contributed by atoms with van der Waals surface area (Å²) in [6, 6.07) is 12.9. The molecule has 0 unspecified atom stereocenters. The second-order valence-corrected chi connectivity index (χ2v) is 7.19. The lowest BCUT2D eigenvalue weighted by molar-refractivity contribution is -0.113. The van der Waals surface area contributed by atoms with Crippen molar-refractivity contribution in [2.45, 2.75) is 19.0 Å². The van der Waals surface area contributed by atoms with Crippen LogP contribution in [0.25, 0.3) is 5.69 Å². The number of amides is 2. The first-order valence-electron chi connectivity index (χ1n) is 8.70. The number of hydrogen-bond acceptors (Lipinski definition) is 5. The number of benzene rings is 2. The number of nitrogens with one attached hydrogen (secondary N) is 2. The second kappa shape index (κ2) is 8.71. The van der Waals surface area contributed by atoms with Gasteiger partial charge in [-0.3, -0.25) is 14.2 Å². The predicted molar refractivity (Wildman–Crippen MR) is 110 cm³/mol. The predicted octanol–water partition coefficient (Wildman–Crippen LogP) is 2.97. The smallest absolute Gasteiger partial charge is 0.251 e. The minimum Gasteiger partial charge on any atom is -0.355 e. The summed E-state index contributed by atoms with van der Waals surface area (Å²) in [4.78, 5) is 24.0. The van der Waals surface area contributed by atoms with Gasteiger partial charge in [0.15, 0.2) is 5.16 Å². The van der Waals surface area contributed by atoms with E-state index in [-0.39, 0.29) is 17.6 Å². The van der Waals surface area contributed by atoms with Crippen LogP contribution in [0, 0.1) is 13.8 Å². The van der Waals surface area contributed by atoms with E-state index in [1.165, 1.54) is 22.9 Å². The molecule has 2 N–H and O–H groups in total. The Bertz CT molecular complexity index is 1020. The van der Waals surface area contributed by atoms with Gasteiger partial charge in [-0.05, 0) is 55.3 Å². The van der Waals surface area contributed by atoms with Crippen molar-refractivity contribution in [1.29, 1.82) is 0 Å². The van der Waals surface area contributed by atoms with Crippen molar-refractivity contribution in [3.8, 4) is 5.69 Å². The van der Waals surface area contributed by atoms with Crippen LogP contribution >= 0.6 is 11.8 Å². The maximum Gasteiger partial charge on any atom is 0.251 e. The van der Waals surface area contributed by atoms with Crippen molar-refractivity contribution in [3.63, 3.8) is 0 Å². The Balaban J connectivity index is 1.65. The van der Waals surface area contributed by atoms with Gasteiger partial charge in [0.25, 0.3) is 5.91 Å². The normalized spacial score (nSPS) is 10.5. The van der Waals surface area contributed by atoms with E-state index in [0.29, 0.717) is 16.4 Å². The fourth-order valence-electron chi connectivity index (χ4n) is 2.59. The summed E-state index contributed by atoms with van der Waals surface area (Å²) in [6.45, 7) is 4.11. The number of rotatable bonds is 6. The first kappa shape index (κ1) is 19.6. The van der Waals surface area contributed by atoms with E-state index in [1.807, 2.05) is 16.7 Å². The summed E-state index contributed by atoms with van der Waals surface area (Å²) in [7, 11) is 1.57. The number of thioether (sulfide) groups is 1. The zero-order valence-electron chi connectivity index (χ0n) is 15.9. The van der Waals surface area contributed by atoms with Crippen LogP contribution in [0.4, 0.5) is 5.69 Å². The van der Waals surface area contributed by atoms with E-state index < -0.39 is 0 Å². The minimum atomic E-state index is -0.202. The van der Waals surface area contributed by atoms with Gasteiger partial charge in [-0.1, -0.05) is 23.9 Å². The molecular formula is C20H21N5O2S. The van der Waals surface area contributed by atoms with Crippen molar-refractivity contribution >= 4 is 29.3 Å². The lowest BCUT2D eigenvalue weighted by atomic mass is 10.1. The van der Waals surface area contributed by atoms with Gasteiger partial charge in [-0.15, -0.1) is 10.2 Å². The van der Waals surface area contributed by atoms with Crippen molar-refractivity contribution in [2.75, 3.05) is 18.1 Å². The van der Waals surface area contributed by atoms with Crippen molar-refractivity contribution in [3.05, 3.63) is 65.5 Å². The molecule has 0 aliphatic carbocycles. The number of nitrogens with zero attached hydrogens (tertiary/aromatic N) is 3. The number of anilines is 1. The highest BCUT2D eigenvalue weighted by atomic mass is 32.2. The monoisotopic (exact) mass is 395 g/mol. The van der Waals surface area contributed by atoms with Crippen LogP contribution in [-0.2, 0) is 4.79 Å². The van der Waals surface area contributed by atoms with Gasteiger partial charge in [0, 0.05) is 24.0 Å². The Morgan fingerprint density at radius 1 is 1.11 bits per heavy atom. The number of aryl methyl sites for hydroxylation is 2.